The van der Waals surface area contributed by atoms with E-state index in [4.69, 9.17) is 0 Å². The van der Waals surface area contributed by atoms with Crippen LogP contribution in [0.3, 0.4) is 0 Å². The van der Waals surface area contributed by atoms with E-state index < -0.39 is 0 Å². The third kappa shape index (κ3) is 6.44. The maximum absolute atomic E-state index is 9.92. The van der Waals surface area contributed by atoms with Crippen LogP contribution in [0.4, 0.5) is 0 Å². The molecule has 2 nitrogen and oxygen atoms in total. The maximum atomic E-state index is 9.92. The molecule has 2 unspecified atom stereocenters. The van der Waals surface area contributed by atoms with Crippen molar-refractivity contribution in [3.63, 3.8) is 0 Å². The molecule has 96 valence electrons. The monoisotopic (exact) mass is 235 g/mol. The Labute approximate surface area is 105 Å². The molecule has 1 rings (SSSR count). The Morgan fingerprint density at radius 3 is 2.35 bits per heavy atom. The lowest BCUT2D eigenvalue weighted by Gasteiger charge is -2.18. The first kappa shape index (κ1) is 14.2. The van der Waals surface area contributed by atoms with Crippen LogP contribution in [0, 0.1) is 5.92 Å². The molecule has 0 aliphatic heterocycles. The van der Waals surface area contributed by atoms with Crippen molar-refractivity contribution in [1.82, 2.24) is 5.32 Å². The third-order valence-corrected chi connectivity index (χ3v) is 2.84. The molecule has 0 saturated heterocycles. The molecule has 0 fully saturated rings. The van der Waals surface area contributed by atoms with E-state index in [0.717, 1.165) is 12.8 Å². The molecule has 2 atom stereocenters. The summed E-state index contributed by atoms with van der Waals surface area (Å²) < 4.78 is 0. The molecule has 0 radical (unpaired) electrons. The van der Waals surface area contributed by atoms with Crippen molar-refractivity contribution < 1.29 is 5.11 Å². The Bertz CT molecular complexity index is 297. The molecule has 0 saturated carbocycles. The molecule has 0 spiro atoms. The molecule has 17 heavy (non-hydrogen) atoms. The van der Waals surface area contributed by atoms with Gasteiger partial charge in [0.2, 0.25) is 0 Å². The van der Waals surface area contributed by atoms with Crippen LogP contribution in [0.2, 0.25) is 0 Å². The van der Waals surface area contributed by atoms with Crippen LogP contribution in [0.5, 0.6) is 0 Å². The van der Waals surface area contributed by atoms with Crippen molar-refractivity contribution in [2.24, 2.45) is 5.92 Å². The van der Waals surface area contributed by atoms with Gasteiger partial charge in [-0.05, 0) is 31.2 Å². The lowest BCUT2D eigenvalue weighted by molar-refractivity contribution is 0.166. The van der Waals surface area contributed by atoms with Gasteiger partial charge in [-0.15, -0.1) is 0 Å². The van der Waals surface area contributed by atoms with Gasteiger partial charge in [0.1, 0.15) is 0 Å². The number of hydrogen-bond acceptors (Lipinski definition) is 2. The second-order valence-corrected chi connectivity index (χ2v) is 5.28. The van der Waals surface area contributed by atoms with E-state index in [-0.39, 0.29) is 6.10 Å². The van der Waals surface area contributed by atoms with Crippen LogP contribution < -0.4 is 5.32 Å². The molecule has 0 aliphatic rings. The summed E-state index contributed by atoms with van der Waals surface area (Å²) >= 11 is 0. The fourth-order valence-electron chi connectivity index (χ4n) is 2.09. The van der Waals surface area contributed by atoms with Crippen LogP contribution in [0.25, 0.3) is 0 Å². The van der Waals surface area contributed by atoms with Gasteiger partial charge in [-0.1, -0.05) is 44.2 Å². The zero-order chi connectivity index (χ0) is 12.7. The summed E-state index contributed by atoms with van der Waals surface area (Å²) in [7, 11) is 0. The quantitative estimate of drug-likeness (QED) is 0.761. The van der Waals surface area contributed by atoms with Crippen LogP contribution in [-0.4, -0.2) is 23.8 Å². The lowest BCUT2D eigenvalue weighted by Crippen LogP contribution is -2.35. The van der Waals surface area contributed by atoms with E-state index >= 15 is 0 Å². The number of aliphatic hydroxyl groups excluding tert-OH is 1. The lowest BCUT2D eigenvalue weighted by atomic mass is 10.0. The molecule has 1 aromatic carbocycles. The van der Waals surface area contributed by atoms with Crippen molar-refractivity contribution in [3.05, 3.63) is 35.9 Å². The first-order valence-corrected chi connectivity index (χ1v) is 6.53. The number of hydrogen-bond donors (Lipinski definition) is 2. The van der Waals surface area contributed by atoms with E-state index in [2.05, 4.69) is 38.2 Å². The summed E-state index contributed by atoms with van der Waals surface area (Å²) in [5.74, 6) is 0.698. The summed E-state index contributed by atoms with van der Waals surface area (Å²) in [5, 5.41) is 13.3. The van der Waals surface area contributed by atoms with Crippen molar-refractivity contribution in [3.8, 4) is 0 Å². The first-order chi connectivity index (χ1) is 8.08. The predicted octanol–water partition coefficient (Wildman–Crippen LogP) is 2.61. The fourth-order valence-corrected chi connectivity index (χ4v) is 2.09. The molecule has 0 aromatic heterocycles. The second kappa shape index (κ2) is 7.46. The van der Waals surface area contributed by atoms with Gasteiger partial charge < -0.3 is 10.4 Å². The van der Waals surface area contributed by atoms with Gasteiger partial charge in [0.25, 0.3) is 0 Å². The molecule has 0 heterocycles. The average molecular weight is 235 g/mol. The number of benzene rings is 1. The van der Waals surface area contributed by atoms with E-state index in [1.54, 1.807) is 0 Å². The SMILES string of the molecule is CC(C)CC(C)NCC(O)Cc1ccccc1. The van der Waals surface area contributed by atoms with Crippen molar-refractivity contribution in [2.45, 2.75) is 45.8 Å². The van der Waals surface area contributed by atoms with Crippen LogP contribution in [-0.2, 0) is 6.42 Å². The van der Waals surface area contributed by atoms with E-state index in [1.807, 2.05) is 18.2 Å². The molecular formula is C15H25NO. The Hall–Kier alpha value is -0.860. The van der Waals surface area contributed by atoms with Gasteiger partial charge in [0.05, 0.1) is 6.10 Å². The average Bonchev–Trinajstić information content (AvgIpc) is 2.27. The highest BCUT2D eigenvalue weighted by molar-refractivity contribution is 5.15. The van der Waals surface area contributed by atoms with E-state index in [0.29, 0.717) is 18.5 Å². The highest BCUT2D eigenvalue weighted by Crippen LogP contribution is 2.05. The third-order valence-electron chi connectivity index (χ3n) is 2.84. The highest BCUT2D eigenvalue weighted by Gasteiger charge is 2.08. The minimum Gasteiger partial charge on any atom is -0.391 e. The zero-order valence-electron chi connectivity index (χ0n) is 11.2. The Balaban J connectivity index is 2.23. The molecule has 2 heteroatoms. The van der Waals surface area contributed by atoms with Gasteiger partial charge in [0, 0.05) is 12.6 Å². The van der Waals surface area contributed by atoms with Crippen LogP contribution >= 0.6 is 0 Å². The largest absolute Gasteiger partial charge is 0.391 e. The first-order valence-electron chi connectivity index (χ1n) is 6.53. The maximum Gasteiger partial charge on any atom is 0.0704 e. The molecule has 0 amide bonds. The van der Waals surface area contributed by atoms with E-state index in [9.17, 15) is 5.11 Å². The Kier molecular flexibility index (Phi) is 6.23. The predicted molar refractivity (Wildman–Crippen MR) is 73.1 cm³/mol. The second-order valence-electron chi connectivity index (χ2n) is 5.28. The van der Waals surface area contributed by atoms with E-state index in [1.165, 1.54) is 5.56 Å². The number of nitrogens with one attached hydrogen (secondary N) is 1. The fraction of sp³-hybridized carbons (Fsp3) is 0.600. The minimum atomic E-state index is -0.299. The van der Waals surface area contributed by atoms with Crippen molar-refractivity contribution in [1.29, 1.82) is 0 Å². The number of aliphatic hydroxyl groups is 1. The summed E-state index contributed by atoms with van der Waals surface area (Å²) in [6.07, 6.45) is 1.58. The minimum absolute atomic E-state index is 0.299. The van der Waals surface area contributed by atoms with Crippen LogP contribution in [0.15, 0.2) is 30.3 Å². The van der Waals surface area contributed by atoms with Gasteiger partial charge in [-0.3, -0.25) is 0 Å². The molecule has 0 aliphatic carbocycles. The van der Waals surface area contributed by atoms with Crippen LogP contribution in [0.1, 0.15) is 32.8 Å². The zero-order valence-corrected chi connectivity index (χ0v) is 11.2. The molecule has 2 N–H and O–H groups in total. The number of rotatable bonds is 7. The molecule has 0 bridgehead atoms. The molecule has 1 aromatic rings. The molecular weight excluding hydrogens is 210 g/mol. The Morgan fingerprint density at radius 2 is 1.76 bits per heavy atom. The standard InChI is InChI=1S/C15H25NO/c1-12(2)9-13(3)16-11-15(17)10-14-7-5-4-6-8-14/h4-8,12-13,15-17H,9-11H2,1-3H3. The van der Waals surface area contributed by atoms with Gasteiger partial charge in [-0.25, -0.2) is 0 Å². The smallest absolute Gasteiger partial charge is 0.0704 e. The van der Waals surface area contributed by atoms with Crippen molar-refractivity contribution >= 4 is 0 Å². The van der Waals surface area contributed by atoms with Gasteiger partial charge in [0.15, 0.2) is 0 Å². The normalized spacial score (nSPS) is 14.9. The summed E-state index contributed by atoms with van der Waals surface area (Å²) in [4.78, 5) is 0. The van der Waals surface area contributed by atoms with Gasteiger partial charge in [-0.2, -0.15) is 0 Å². The summed E-state index contributed by atoms with van der Waals surface area (Å²) in [6.45, 7) is 7.29. The van der Waals surface area contributed by atoms with Crippen molar-refractivity contribution in [2.75, 3.05) is 6.54 Å². The van der Waals surface area contributed by atoms with Gasteiger partial charge >= 0.3 is 0 Å². The topological polar surface area (TPSA) is 32.3 Å². The highest BCUT2D eigenvalue weighted by atomic mass is 16.3. The summed E-state index contributed by atoms with van der Waals surface area (Å²) in [5.41, 5.74) is 1.19. The summed E-state index contributed by atoms with van der Waals surface area (Å²) in [6, 6.07) is 10.6. The Morgan fingerprint density at radius 1 is 1.12 bits per heavy atom.